The molecular formula is C17H21F4N3O3S. The number of alkyl halides is 3. The highest BCUT2D eigenvalue weighted by atomic mass is 32.2. The predicted octanol–water partition coefficient (Wildman–Crippen LogP) is 3.81. The Morgan fingerprint density at radius 3 is 2.43 bits per heavy atom. The van der Waals surface area contributed by atoms with Gasteiger partial charge in [-0.25, -0.2) is 12.8 Å². The lowest BCUT2D eigenvalue weighted by molar-refractivity contribution is -0.167. The van der Waals surface area contributed by atoms with E-state index in [-0.39, 0.29) is 6.54 Å². The van der Waals surface area contributed by atoms with Crippen molar-refractivity contribution in [2.45, 2.75) is 49.7 Å². The van der Waals surface area contributed by atoms with Gasteiger partial charge in [0.2, 0.25) is 10.0 Å². The zero-order valence-corrected chi connectivity index (χ0v) is 16.0. The van der Waals surface area contributed by atoms with E-state index in [0.717, 1.165) is 4.31 Å². The number of benzene rings is 1. The standard InChI is InChI=1S/C17H21F4N3O3S/c1-27-15(12-5-7-13(18)8-6-12)11-28(25,26)24-9-3-2-4-14(24)10-16(22-23-16)17(19,20)21/h5-8,14-15H,2-4,9-11H2,1H3. The van der Waals surface area contributed by atoms with Gasteiger partial charge in [-0.3, -0.25) is 0 Å². The summed E-state index contributed by atoms with van der Waals surface area (Å²) in [5.41, 5.74) is -2.01. The van der Waals surface area contributed by atoms with Crippen LogP contribution in [-0.2, 0) is 14.8 Å². The maximum atomic E-state index is 13.2. The summed E-state index contributed by atoms with van der Waals surface area (Å²) in [5, 5.41) is 6.33. The van der Waals surface area contributed by atoms with Crippen LogP contribution >= 0.6 is 0 Å². The average Bonchev–Trinajstić information content (AvgIpc) is 3.42. The quantitative estimate of drug-likeness (QED) is 0.626. The number of sulfonamides is 1. The SMILES string of the molecule is COC(CS(=O)(=O)N1CCCCC1CC1(C(F)(F)F)N=N1)c1ccc(F)cc1. The lowest BCUT2D eigenvalue weighted by Crippen LogP contribution is -2.49. The van der Waals surface area contributed by atoms with Crippen LogP contribution in [0.2, 0.25) is 0 Å². The normalized spacial score (nSPS) is 23.5. The third kappa shape index (κ3) is 4.36. The smallest absolute Gasteiger partial charge is 0.376 e. The molecule has 1 aromatic carbocycles. The molecule has 0 aliphatic carbocycles. The van der Waals surface area contributed by atoms with Crippen LogP contribution in [0.15, 0.2) is 34.5 Å². The predicted molar refractivity (Wildman–Crippen MR) is 92.5 cm³/mol. The van der Waals surface area contributed by atoms with E-state index in [1.165, 1.54) is 31.4 Å². The highest BCUT2D eigenvalue weighted by Gasteiger charge is 2.65. The molecular weight excluding hydrogens is 402 g/mol. The van der Waals surface area contributed by atoms with Crippen molar-refractivity contribution in [2.24, 2.45) is 10.2 Å². The fourth-order valence-corrected chi connectivity index (χ4v) is 5.45. The first kappa shape index (κ1) is 21.1. The number of methoxy groups -OCH3 is 1. The molecule has 0 N–H and O–H groups in total. The Kier molecular flexibility index (Phi) is 5.79. The molecule has 0 amide bonds. The van der Waals surface area contributed by atoms with E-state index in [1.54, 1.807) is 0 Å². The van der Waals surface area contributed by atoms with E-state index in [2.05, 4.69) is 10.2 Å². The van der Waals surface area contributed by atoms with Gasteiger partial charge < -0.3 is 4.74 Å². The zero-order chi connectivity index (χ0) is 20.6. The van der Waals surface area contributed by atoms with Crippen LogP contribution in [0.3, 0.4) is 0 Å². The van der Waals surface area contributed by atoms with E-state index < -0.39 is 52.0 Å². The molecule has 2 aliphatic heterocycles. The molecule has 1 aromatic rings. The van der Waals surface area contributed by atoms with Gasteiger partial charge in [0.05, 0.1) is 11.9 Å². The number of rotatable bonds is 7. The van der Waals surface area contributed by atoms with E-state index >= 15 is 0 Å². The molecule has 1 fully saturated rings. The average molecular weight is 423 g/mol. The molecule has 11 heteroatoms. The molecule has 2 heterocycles. The van der Waals surface area contributed by atoms with Crippen LogP contribution in [0, 0.1) is 5.82 Å². The Labute approximate surface area is 160 Å². The van der Waals surface area contributed by atoms with E-state index in [0.29, 0.717) is 24.8 Å². The van der Waals surface area contributed by atoms with Gasteiger partial charge in [0.1, 0.15) is 5.82 Å². The van der Waals surface area contributed by atoms with Crippen LogP contribution in [0.4, 0.5) is 17.6 Å². The van der Waals surface area contributed by atoms with Crippen molar-refractivity contribution in [3.8, 4) is 0 Å². The molecule has 0 saturated carbocycles. The van der Waals surface area contributed by atoms with Crippen molar-refractivity contribution in [2.75, 3.05) is 19.4 Å². The van der Waals surface area contributed by atoms with Crippen LogP contribution in [0.5, 0.6) is 0 Å². The molecule has 2 unspecified atom stereocenters. The number of halogens is 4. The van der Waals surface area contributed by atoms with Gasteiger partial charge >= 0.3 is 6.18 Å². The van der Waals surface area contributed by atoms with E-state index in [4.69, 9.17) is 4.74 Å². The van der Waals surface area contributed by atoms with Gasteiger partial charge in [-0.15, -0.1) is 10.2 Å². The van der Waals surface area contributed by atoms with E-state index in [9.17, 15) is 26.0 Å². The highest BCUT2D eigenvalue weighted by Crippen LogP contribution is 2.49. The number of nitrogens with zero attached hydrogens (tertiary/aromatic N) is 3. The van der Waals surface area contributed by atoms with Crippen molar-refractivity contribution in [1.29, 1.82) is 0 Å². The molecule has 0 aromatic heterocycles. The summed E-state index contributed by atoms with van der Waals surface area (Å²) in [4.78, 5) is 0. The topological polar surface area (TPSA) is 71.3 Å². The second-order valence-electron chi connectivity index (χ2n) is 7.03. The summed E-state index contributed by atoms with van der Waals surface area (Å²) in [5.74, 6) is -0.911. The minimum absolute atomic E-state index is 0.140. The lowest BCUT2D eigenvalue weighted by Gasteiger charge is -2.36. The van der Waals surface area contributed by atoms with Gasteiger partial charge in [0.25, 0.3) is 5.66 Å². The second kappa shape index (κ2) is 7.68. The third-order valence-corrected chi connectivity index (χ3v) is 7.05. The van der Waals surface area contributed by atoms with Gasteiger partial charge in [0.15, 0.2) is 0 Å². The van der Waals surface area contributed by atoms with Crippen molar-refractivity contribution in [3.63, 3.8) is 0 Å². The Morgan fingerprint density at radius 1 is 1.25 bits per heavy atom. The summed E-state index contributed by atoms with van der Waals surface area (Å²) in [6.07, 6.45) is -4.49. The van der Waals surface area contributed by atoms with E-state index in [1.807, 2.05) is 0 Å². The molecule has 6 nitrogen and oxygen atoms in total. The first-order valence-electron chi connectivity index (χ1n) is 8.86. The minimum Gasteiger partial charge on any atom is -0.376 e. The van der Waals surface area contributed by atoms with Crippen molar-refractivity contribution >= 4 is 10.0 Å². The summed E-state index contributed by atoms with van der Waals surface area (Å²) in [6, 6.07) is 4.41. The van der Waals surface area contributed by atoms with Crippen molar-refractivity contribution in [3.05, 3.63) is 35.6 Å². The van der Waals surface area contributed by atoms with Crippen LogP contribution in [0.25, 0.3) is 0 Å². The number of ether oxygens (including phenoxy) is 1. The Hall–Kier alpha value is -1.59. The first-order valence-corrected chi connectivity index (χ1v) is 10.5. The van der Waals surface area contributed by atoms with Gasteiger partial charge in [-0.1, -0.05) is 18.6 Å². The molecule has 0 radical (unpaired) electrons. The monoisotopic (exact) mass is 423 g/mol. The van der Waals surface area contributed by atoms with Crippen LogP contribution in [0.1, 0.15) is 37.4 Å². The number of piperidine rings is 1. The van der Waals surface area contributed by atoms with Gasteiger partial charge in [-0.2, -0.15) is 17.5 Å². The summed E-state index contributed by atoms with van der Waals surface area (Å²) < 4.78 is 85.0. The highest BCUT2D eigenvalue weighted by molar-refractivity contribution is 7.89. The Balaban J connectivity index is 1.77. The summed E-state index contributed by atoms with van der Waals surface area (Å²) in [7, 11) is -2.60. The fraction of sp³-hybridized carbons (Fsp3) is 0.647. The summed E-state index contributed by atoms with van der Waals surface area (Å²) in [6.45, 7) is 0.140. The minimum atomic E-state index is -4.64. The van der Waals surface area contributed by atoms with Crippen molar-refractivity contribution in [1.82, 2.24) is 4.31 Å². The number of hydrogen-bond donors (Lipinski definition) is 0. The molecule has 2 aliphatic rings. The van der Waals surface area contributed by atoms with Crippen LogP contribution in [-0.4, -0.2) is 50.0 Å². The first-order chi connectivity index (χ1) is 13.1. The zero-order valence-electron chi connectivity index (χ0n) is 15.2. The molecule has 0 bridgehead atoms. The lowest BCUT2D eigenvalue weighted by atomic mass is 9.96. The van der Waals surface area contributed by atoms with Gasteiger partial charge in [0, 0.05) is 26.1 Å². The molecule has 28 heavy (non-hydrogen) atoms. The second-order valence-corrected chi connectivity index (χ2v) is 9.00. The fourth-order valence-electron chi connectivity index (χ4n) is 3.51. The van der Waals surface area contributed by atoms with Crippen LogP contribution < -0.4 is 0 Å². The Morgan fingerprint density at radius 2 is 1.89 bits per heavy atom. The molecule has 3 rings (SSSR count). The molecule has 156 valence electrons. The molecule has 2 atom stereocenters. The third-order valence-electron chi connectivity index (χ3n) is 5.13. The largest absolute Gasteiger partial charge is 0.437 e. The summed E-state index contributed by atoms with van der Waals surface area (Å²) >= 11 is 0. The Bertz CT molecular complexity index is 821. The van der Waals surface area contributed by atoms with Crippen molar-refractivity contribution < 1.29 is 30.7 Å². The molecule has 1 saturated heterocycles. The van der Waals surface area contributed by atoms with Gasteiger partial charge in [-0.05, 0) is 30.5 Å². The maximum absolute atomic E-state index is 13.2. The maximum Gasteiger partial charge on any atom is 0.437 e. The molecule has 0 spiro atoms. The number of hydrogen-bond acceptors (Lipinski definition) is 5.